The molecule has 1 aliphatic rings. The summed E-state index contributed by atoms with van der Waals surface area (Å²) in [6, 6.07) is 13.1. The average Bonchev–Trinajstić information content (AvgIpc) is 3.36. The fourth-order valence-corrected chi connectivity index (χ4v) is 4.97. The number of hydrogen-bond donors (Lipinski definition) is 0. The summed E-state index contributed by atoms with van der Waals surface area (Å²) in [4.78, 5) is 19.7. The average molecular weight is 515 g/mol. The smallest absolute Gasteiger partial charge is 0.266 e. The van der Waals surface area contributed by atoms with Crippen LogP contribution in [0, 0.1) is 6.92 Å². The van der Waals surface area contributed by atoms with Crippen molar-refractivity contribution in [3.8, 4) is 11.5 Å². The summed E-state index contributed by atoms with van der Waals surface area (Å²) in [6.45, 7) is 7.11. The molecule has 0 unspecified atom stereocenters. The molecule has 4 rings (SSSR count). The number of thioether (sulfide) groups is 1. The Morgan fingerprint density at radius 3 is 2.56 bits per heavy atom. The van der Waals surface area contributed by atoms with Gasteiger partial charge in [0.15, 0.2) is 16.7 Å². The predicted molar refractivity (Wildman–Crippen MR) is 138 cm³/mol. The molecule has 0 saturated carbocycles. The first kappa shape index (κ1) is 24.3. The Kier molecular flexibility index (Phi) is 7.87. The second kappa shape index (κ2) is 11.0. The molecule has 3 aromatic rings. The third-order valence-corrected chi connectivity index (χ3v) is 6.78. The molecule has 176 valence electrons. The van der Waals surface area contributed by atoms with Crippen molar-refractivity contribution < 1.29 is 14.3 Å². The molecule has 1 aromatic heterocycles. The molecule has 1 amide bonds. The molecule has 7 nitrogen and oxygen atoms in total. The van der Waals surface area contributed by atoms with Crippen LogP contribution >= 0.6 is 34.7 Å². The second-order valence-electron chi connectivity index (χ2n) is 7.21. The SMILES string of the molecule is CCOc1cc(/C=C2\S/C(=N/c3nnc(C)s3)N(CC)C2=O)ccc1OCc1ccc(Cl)cc1. The number of nitrogens with zero attached hydrogens (tertiary/aromatic N) is 4. The molecule has 1 aliphatic heterocycles. The lowest BCUT2D eigenvalue weighted by atomic mass is 10.1. The van der Waals surface area contributed by atoms with Crippen LogP contribution in [0.15, 0.2) is 52.4 Å². The molecular weight excluding hydrogens is 492 g/mol. The number of aryl methyl sites for hydroxylation is 1. The summed E-state index contributed by atoms with van der Waals surface area (Å²) < 4.78 is 11.8. The number of amides is 1. The highest BCUT2D eigenvalue weighted by Crippen LogP contribution is 2.36. The number of benzene rings is 2. The van der Waals surface area contributed by atoms with Gasteiger partial charge in [0.2, 0.25) is 5.13 Å². The predicted octanol–water partition coefficient (Wildman–Crippen LogP) is 6.10. The van der Waals surface area contributed by atoms with E-state index in [1.807, 2.05) is 69.3 Å². The van der Waals surface area contributed by atoms with Crippen LogP contribution in [-0.4, -0.2) is 39.3 Å². The number of aromatic nitrogens is 2. The third-order valence-electron chi connectivity index (χ3n) is 4.78. The van der Waals surface area contributed by atoms with E-state index >= 15 is 0 Å². The number of halogens is 1. The molecule has 0 N–H and O–H groups in total. The van der Waals surface area contributed by atoms with Gasteiger partial charge in [0, 0.05) is 11.6 Å². The van der Waals surface area contributed by atoms with Gasteiger partial charge in [-0.1, -0.05) is 41.1 Å². The first-order valence-corrected chi connectivity index (χ1v) is 12.7. The zero-order valence-electron chi connectivity index (χ0n) is 18.9. The Balaban J connectivity index is 1.55. The van der Waals surface area contributed by atoms with Gasteiger partial charge in [-0.05, 0) is 74.0 Å². The minimum Gasteiger partial charge on any atom is -0.490 e. The monoisotopic (exact) mass is 514 g/mol. The lowest BCUT2D eigenvalue weighted by molar-refractivity contribution is -0.122. The minimum absolute atomic E-state index is 0.0893. The number of amidine groups is 1. The molecule has 0 spiro atoms. The van der Waals surface area contributed by atoms with Crippen LogP contribution < -0.4 is 9.47 Å². The molecule has 10 heteroatoms. The maximum Gasteiger partial charge on any atom is 0.266 e. The Bertz CT molecular complexity index is 1240. The lowest BCUT2D eigenvalue weighted by Gasteiger charge is -2.13. The van der Waals surface area contributed by atoms with Crippen molar-refractivity contribution in [2.75, 3.05) is 13.2 Å². The Morgan fingerprint density at radius 1 is 1.09 bits per heavy atom. The number of rotatable bonds is 8. The molecule has 34 heavy (non-hydrogen) atoms. The maximum absolute atomic E-state index is 13.0. The Morgan fingerprint density at radius 2 is 1.88 bits per heavy atom. The number of ether oxygens (including phenoxy) is 2. The summed E-state index contributed by atoms with van der Waals surface area (Å²) in [6.07, 6.45) is 1.84. The van der Waals surface area contributed by atoms with Crippen LogP contribution in [0.3, 0.4) is 0 Å². The van der Waals surface area contributed by atoms with Gasteiger partial charge >= 0.3 is 0 Å². The molecule has 0 radical (unpaired) electrons. The van der Waals surface area contributed by atoms with Crippen molar-refractivity contribution in [1.82, 2.24) is 15.1 Å². The highest BCUT2D eigenvalue weighted by Gasteiger charge is 2.32. The molecule has 2 heterocycles. The summed E-state index contributed by atoms with van der Waals surface area (Å²) in [5.41, 5.74) is 1.84. The third kappa shape index (κ3) is 5.78. The topological polar surface area (TPSA) is 76.9 Å². The van der Waals surface area contributed by atoms with Crippen molar-refractivity contribution in [3.05, 3.63) is 68.5 Å². The number of carbonyl (C=O) groups excluding carboxylic acids is 1. The van der Waals surface area contributed by atoms with Crippen LogP contribution in [0.5, 0.6) is 11.5 Å². The van der Waals surface area contributed by atoms with Crippen LogP contribution in [-0.2, 0) is 11.4 Å². The number of hydrogen-bond acceptors (Lipinski definition) is 8. The van der Waals surface area contributed by atoms with Gasteiger partial charge in [0.25, 0.3) is 5.91 Å². The molecule has 0 atom stereocenters. The fourth-order valence-electron chi connectivity index (χ4n) is 3.18. The van der Waals surface area contributed by atoms with Crippen molar-refractivity contribution in [2.45, 2.75) is 27.4 Å². The summed E-state index contributed by atoms with van der Waals surface area (Å²) in [5, 5.41) is 10.7. The largest absolute Gasteiger partial charge is 0.490 e. The van der Waals surface area contributed by atoms with Gasteiger partial charge in [-0.2, -0.15) is 4.99 Å². The number of likely N-dealkylation sites (N-methyl/N-ethyl adjacent to an activating group) is 1. The molecule has 2 aromatic carbocycles. The summed E-state index contributed by atoms with van der Waals surface area (Å²) >= 11 is 8.67. The van der Waals surface area contributed by atoms with Crippen molar-refractivity contribution in [2.24, 2.45) is 4.99 Å². The van der Waals surface area contributed by atoms with E-state index in [9.17, 15) is 4.79 Å². The van der Waals surface area contributed by atoms with Gasteiger partial charge < -0.3 is 9.47 Å². The van der Waals surface area contributed by atoms with E-state index in [1.165, 1.54) is 23.1 Å². The summed E-state index contributed by atoms with van der Waals surface area (Å²) in [5.74, 6) is 1.16. The van der Waals surface area contributed by atoms with Crippen LogP contribution in [0.2, 0.25) is 5.02 Å². The van der Waals surface area contributed by atoms with E-state index in [1.54, 1.807) is 4.90 Å². The molecule has 1 saturated heterocycles. The summed E-state index contributed by atoms with van der Waals surface area (Å²) in [7, 11) is 0. The highest BCUT2D eigenvalue weighted by atomic mass is 35.5. The van der Waals surface area contributed by atoms with Gasteiger partial charge in [-0.25, -0.2) is 0 Å². The van der Waals surface area contributed by atoms with E-state index in [4.69, 9.17) is 21.1 Å². The minimum atomic E-state index is -0.0893. The van der Waals surface area contributed by atoms with E-state index < -0.39 is 0 Å². The highest BCUT2D eigenvalue weighted by molar-refractivity contribution is 8.18. The van der Waals surface area contributed by atoms with E-state index in [0.29, 0.717) is 51.5 Å². The Labute approximate surface area is 211 Å². The maximum atomic E-state index is 13.0. The standard InChI is InChI=1S/C24H23ClN4O3S2/c1-4-29-22(30)21(34-24(29)26-23-28-27-15(3)33-23)13-17-8-11-19(20(12-17)31-5-2)32-14-16-6-9-18(25)10-7-16/h6-13H,4-5,14H2,1-3H3/b21-13-,26-24+. The van der Waals surface area contributed by atoms with Crippen LogP contribution in [0.1, 0.15) is 30.0 Å². The lowest BCUT2D eigenvalue weighted by Crippen LogP contribution is -2.28. The van der Waals surface area contributed by atoms with E-state index in [2.05, 4.69) is 15.2 Å². The van der Waals surface area contributed by atoms with Gasteiger partial charge in [-0.3, -0.25) is 9.69 Å². The van der Waals surface area contributed by atoms with E-state index in [-0.39, 0.29) is 5.91 Å². The van der Waals surface area contributed by atoms with Crippen molar-refractivity contribution in [3.63, 3.8) is 0 Å². The molecule has 1 fully saturated rings. The number of aliphatic imine (C=N–C) groups is 1. The normalized spacial score (nSPS) is 16.0. The first-order valence-electron chi connectivity index (χ1n) is 10.7. The Hall–Kier alpha value is -2.88. The molecule has 0 aliphatic carbocycles. The molecular formula is C24H23ClN4O3S2. The second-order valence-corrected chi connectivity index (χ2v) is 9.82. The van der Waals surface area contributed by atoms with Crippen LogP contribution in [0.4, 0.5) is 5.13 Å². The van der Waals surface area contributed by atoms with Gasteiger partial charge in [-0.15, -0.1) is 10.2 Å². The first-order chi connectivity index (χ1) is 16.5. The van der Waals surface area contributed by atoms with E-state index in [0.717, 1.165) is 16.1 Å². The molecule has 0 bridgehead atoms. The van der Waals surface area contributed by atoms with Crippen molar-refractivity contribution >= 4 is 57.0 Å². The fraction of sp³-hybridized carbons (Fsp3) is 0.250. The zero-order chi connectivity index (χ0) is 24.1. The van der Waals surface area contributed by atoms with Crippen molar-refractivity contribution in [1.29, 1.82) is 0 Å². The van der Waals surface area contributed by atoms with Crippen LogP contribution in [0.25, 0.3) is 6.08 Å². The number of carbonyl (C=O) groups is 1. The quantitative estimate of drug-likeness (QED) is 0.338. The zero-order valence-corrected chi connectivity index (χ0v) is 21.3. The van der Waals surface area contributed by atoms with Gasteiger partial charge in [0.05, 0.1) is 11.5 Å². The van der Waals surface area contributed by atoms with Gasteiger partial charge in [0.1, 0.15) is 11.6 Å².